The summed E-state index contributed by atoms with van der Waals surface area (Å²) in [4.78, 5) is 16.2. The van der Waals surface area contributed by atoms with Gasteiger partial charge in [0.15, 0.2) is 0 Å². The highest BCUT2D eigenvalue weighted by Crippen LogP contribution is 2.15. The highest BCUT2D eigenvalue weighted by molar-refractivity contribution is 5.76. The van der Waals surface area contributed by atoms with Crippen LogP contribution in [0.15, 0.2) is 30.3 Å². The molecule has 1 aromatic carbocycles. The topological polar surface area (TPSA) is 32.8 Å². The van der Waals surface area contributed by atoms with Crippen LogP contribution in [0.2, 0.25) is 0 Å². The number of amides is 1. The van der Waals surface area contributed by atoms with Crippen LogP contribution in [0.3, 0.4) is 0 Å². The number of benzene rings is 1. The summed E-state index contributed by atoms with van der Waals surface area (Å²) in [6.45, 7) is 6.34. The van der Waals surface area contributed by atoms with E-state index in [1.807, 2.05) is 42.3 Å². The van der Waals surface area contributed by atoms with Gasteiger partial charge in [-0.05, 0) is 31.5 Å². The van der Waals surface area contributed by atoms with E-state index in [4.69, 9.17) is 4.74 Å². The van der Waals surface area contributed by atoms with Crippen LogP contribution in [0.5, 0.6) is 5.75 Å². The molecule has 0 aromatic heterocycles. The molecule has 1 unspecified atom stereocenters. The van der Waals surface area contributed by atoms with Gasteiger partial charge >= 0.3 is 0 Å². The van der Waals surface area contributed by atoms with Crippen molar-refractivity contribution in [3.8, 4) is 5.75 Å². The molecular weight excluding hydrogens is 264 g/mol. The molecule has 0 saturated carbocycles. The first-order valence-electron chi connectivity index (χ1n) is 7.79. The van der Waals surface area contributed by atoms with Crippen LogP contribution in [-0.4, -0.2) is 55.5 Å². The monoisotopic (exact) mass is 290 g/mol. The molecule has 0 radical (unpaired) electrons. The number of likely N-dealkylation sites (tertiary alicyclic amines) is 1. The summed E-state index contributed by atoms with van der Waals surface area (Å²) in [5.41, 5.74) is 0. The van der Waals surface area contributed by atoms with Crippen LogP contribution in [0.4, 0.5) is 0 Å². The second-order valence-electron chi connectivity index (χ2n) is 5.95. The quantitative estimate of drug-likeness (QED) is 0.772. The number of hydrogen-bond acceptors (Lipinski definition) is 3. The largest absolute Gasteiger partial charge is 0.492 e. The van der Waals surface area contributed by atoms with Crippen molar-refractivity contribution in [3.63, 3.8) is 0 Å². The number of rotatable bonds is 7. The van der Waals surface area contributed by atoms with E-state index < -0.39 is 0 Å². The Balaban J connectivity index is 1.59. The zero-order valence-corrected chi connectivity index (χ0v) is 13.1. The SMILES string of the molecule is CC1CCN(C(=O)CCN(C)CCOc2ccccc2)C1. The number of para-hydroxylation sites is 1. The normalized spacial score (nSPS) is 18.2. The third-order valence-electron chi connectivity index (χ3n) is 3.97. The van der Waals surface area contributed by atoms with Gasteiger partial charge in [-0.15, -0.1) is 0 Å². The Bertz CT molecular complexity index is 436. The van der Waals surface area contributed by atoms with E-state index in [2.05, 4.69) is 11.8 Å². The third kappa shape index (κ3) is 5.38. The maximum Gasteiger partial charge on any atom is 0.223 e. The lowest BCUT2D eigenvalue weighted by molar-refractivity contribution is -0.130. The Morgan fingerprint density at radius 3 is 2.76 bits per heavy atom. The fourth-order valence-corrected chi connectivity index (χ4v) is 2.55. The van der Waals surface area contributed by atoms with Crippen molar-refractivity contribution in [2.75, 3.05) is 39.8 Å². The highest BCUT2D eigenvalue weighted by atomic mass is 16.5. The fraction of sp³-hybridized carbons (Fsp3) is 0.588. The van der Waals surface area contributed by atoms with E-state index in [9.17, 15) is 4.79 Å². The first-order chi connectivity index (χ1) is 10.1. The first-order valence-corrected chi connectivity index (χ1v) is 7.79. The molecule has 21 heavy (non-hydrogen) atoms. The third-order valence-corrected chi connectivity index (χ3v) is 3.97. The Hall–Kier alpha value is -1.55. The average Bonchev–Trinajstić information content (AvgIpc) is 2.92. The van der Waals surface area contributed by atoms with Gasteiger partial charge in [0, 0.05) is 32.6 Å². The van der Waals surface area contributed by atoms with Crippen molar-refractivity contribution >= 4 is 5.91 Å². The number of carbonyl (C=O) groups is 1. The Kier molecular flexibility index (Phi) is 6.05. The van der Waals surface area contributed by atoms with E-state index >= 15 is 0 Å². The molecule has 1 fully saturated rings. The summed E-state index contributed by atoms with van der Waals surface area (Å²) < 4.78 is 5.66. The molecule has 1 aromatic rings. The average molecular weight is 290 g/mol. The molecular formula is C17H26N2O2. The summed E-state index contributed by atoms with van der Waals surface area (Å²) in [5.74, 6) is 1.84. The molecule has 116 valence electrons. The molecule has 1 saturated heterocycles. The maximum absolute atomic E-state index is 12.1. The molecule has 0 bridgehead atoms. The van der Waals surface area contributed by atoms with Gasteiger partial charge in [-0.2, -0.15) is 0 Å². The molecule has 4 nitrogen and oxygen atoms in total. The Morgan fingerprint density at radius 2 is 2.10 bits per heavy atom. The van der Waals surface area contributed by atoms with Crippen molar-refractivity contribution in [2.24, 2.45) is 5.92 Å². The molecule has 4 heteroatoms. The molecule has 1 amide bonds. The van der Waals surface area contributed by atoms with Gasteiger partial charge in [0.1, 0.15) is 12.4 Å². The molecule has 0 aliphatic carbocycles. The van der Waals surface area contributed by atoms with Crippen molar-refractivity contribution in [3.05, 3.63) is 30.3 Å². The van der Waals surface area contributed by atoms with Gasteiger partial charge in [-0.1, -0.05) is 25.1 Å². The molecule has 1 heterocycles. The number of likely N-dealkylation sites (N-methyl/N-ethyl adjacent to an activating group) is 1. The summed E-state index contributed by atoms with van der Waals surface area (Å²) >= 11 is 0. The van der Waals surface area contributed by atoms with E-state index in [1.165, 1.54) is 0 Å². The maximum atomic E-state index is 12.1. The highest BCUT2D eigenvalue weighted by Gasteiger charge is 2.22. The molecule has 1 atom stereocenters. The number of carbonyl (C=O) groups excluding carboxylic acids is 1. The van der Waals surface area contributed by atoms with E-state index in [0.29, 0.717) is 18.9 Å². The summed E-state index contributed by atoms with van der Waals surface area (Å²) in [6, 6.07) is 9.82. The summed E-state index contributed by atoms with van der Waals surface area (Å²) in [5, 5.41) is 0. The predicted octanol–water partition coefficient (Wildman–Crippen LogP) is 2.26. The van der Waals surface area contributed by atoms with Crippen LogP contribution in [0.1, 0.15) is 19.8 Å². The number of hydrogen-bond donors (Lipinski definition) is 0. The lowest BCUT2D eigenvalue weighted by Gasteiger charge is -2.20. The van der Waals surface area contributed by atoms with E-state index in [0.717, 1.165) is 38.3 Å². The van der Waals surface area contributed by atoms with E-state index in [-0.39, 0.29) is 5.91 Å². The Labute approximate surface area is 127 Å². The van der Waals surface area contributed by atoms with Gasteiger partial charge in [0.2, 0.25) is 5.91 Å². The van der Waals surface area contributed by atoms with Crippen LogP contribution in [0.25, 0.3) is 0 Å². The van der Waals surface area contributed by atoms with Crippen LogP contribution in [0, 0.1) is 5.92 Å². The van der Waals surface area contributed by atoms with Crippen molar-refractivity contribution in [1.82, 2.24) is 9.80 Å². The van der Waals surface area contributed by atoms with Gasteiger partial charge in [-0.25, -0.2) is 0 Å². The lowest BCUT2D eigenvalue weighted by Crippen LogP contribution is -2.33. The van der Waals surface area contributed by atoms with Gasteiger partial charge in [0.05, 0.1) is 0 Å². The van der Waals surface area contributed by atoms with Crippen molar-refractivity contribution in [2.45, 2.75) is 19.8 Å². The zero-order valence-electron chi connectivity index (χ0n) is 13.1. The molecule has 1 aliphatic heterocycles. The minimum absolute atomic E-state index is 0.287. The van der Waals surface area contributed by atoms with Crippen molar-refractivity contribution < 1.29 is 9.53 Å². The predicted molar refractivity (Wildman–Crippen MR) is 84.4 cm³/mol. The van der Waals surface area contributed by atoms with E-state index in [1.54, 1.807) is 0 Å². The van der Waals surface area contributed by atoms with Crippen LogP contribution < -0.4 is 4.74 Å². The zero-order chi connectivity index (χ0) is 15.1. The minimum atomic E-state index is 0.287. The summed E-state index contributed by atoms with van der Waals surface area (Å²) in [7, 11) is 2.04. The smallest absolute Gasteiger partial charge is 0.223 e. The summed E-state index contributed by atoms with van der Waals surface area (Å²) in [6.07, 6.45) is 1.75. The lowest BCUT2D eigenvalue weighted by atomic mass is 10.2. The van der Waals surface area contributed by atoms with Crippen LogP contribution >= 0.6 is 0 Å². The standard InChI is InChI=1S/C17H26N2O2/c1-15-8-11-19(14-15)17(20)9-10-18(2)12-13-21-16-6-4-3-5-7-16/h3-7,15H,8-14H2,1-2H3. The second-order valence-corrected chi connectivity index (χ2v) is 5.95. The molecule has 2 rings (SSSR count). The first kappa shape index (κ1) is 15.8. The minimum Gasteiger partial charge on any atom is -0.492 e. The molecule has 0 N–H and O–H groups in total. The van der Waals surface area contributed by atoms with Crippen LogP contribution in [-0.2, 0) is 4.79 Å². The van der Waals surface area contributed by atoms with Crippen molar-refractivity contribution in [1.29, 1.82) is 0 Å². The van der Waals surface area contributed by atoms with Gasteiger partial charge in [0.25, 0.3) is 0 Å². The molecule has 0 spiro atoms. The number of nitrogens with zero attached hydrogens (tertiary/aromatic N) is 2. The van der Waals surface area contributed by atoms with Gasteiger partial charge < -0.3 is 14.5 Å². The second kappa shape index (κ2) is 8.03. The fourth-order valence-electron chi connectivity index (χ4n) is 2.55. The molecule has 1 aliphatic rings. The Morgan fingerprint density at radius 1 is 1.33 bits per heavy atom. The van der Waals surface area contributed by atoms with Gasteiger partial charge in [-0.3, -0.25) is 4.79 Å². The number of ether oxygens (including phenoxy) is 1.